The van der Waals surface area contributed by atoms with Crippen LogP contribution in [0.15, 0.2) is 29.0 Å². The summed E-state index contributed by atoms with van der Waals surface area (Å²) in [6, 6.07) is 4.37. The van der Waals surface area contributed by atoms with Crippen molar-refractivity contribution in [3.8, 4) is 0 Å². The number of aromatic amines is 1. The van der Waals surface area contributed by atoms with Crippen LogP contribution >= 0.6 is 0 Å². The minimum absolute atomic E-state index is 0.0856. The van der Waals surface area contributed by atoms with Crippen LogP contribution in [-0.2, 0) is 4.74 Å². The number of nitrogens with zero attached hydrogens (tertiary/aromatic N) is 4. The van der Waals surface area contributed by atoms with E-state index in [1.165, 1.54) is 0 Å². The van der Waals surface area contributed by atoms with Crippen LogP contribution in [0.2, 0.25) is 0 Å². The molecule has 38 heavy (non-hydrogen) atoms. The van der Waals surface area contributed by atoms with Gasteiger partial charge in [-0.2, -0.15) is 13.2 Å². The first-order valence-corrected chi connectivity index (χ1v) is 12.4. The van der Waals surface area contributed by atoms with Crippen molar-refractivity contribution in [2.45, 2.75) is 57.0 Å². The Labute approximate surface area is 215 Å². The lowest BCUT2D eigenvalue weighted by molar-refractivity contribution is -0.265. The normalized spacial score (nSPS) is 18.3. The molecular weight excluding hydrogens is 507 g/mol. The minimum Gasteiger partial charge on any atom is -0.364 e. The van der Waals surface area contributed by atoms with Gasteiger partial charge in [0.15, 0.2) is 11.3 Å². The first-order valence-electron chi connectivity index (χ1n) is 12.4. The summed E-state index contributed by atoms with van der Waals surface area (Å²) >= 11 is 0. The number of carbonyl (C=O) groups excluding carboxylic acids is 2. The van der Waals surface area contributed by atoms with E-state index in [1.54, 1.807) is 6.07 Å². The molecule has 1 aromatic carbocycles. The molecule has 2 unspecified atom stereocenters. The lowest BCUT2D eigenvalue weighted by Crippen LogP contribution is -2.48. The zero-order valence-electron chi connectivity index (χ0n) is 20.8. The van der Waals surface area contributed by atoms with Gasteiger partial charge >= 0.3 is 12.2 Å². The number of ether oxygens (including phenoxy) is 1. The van der Waals surface area contributed by atoms with Crippen LogP contribution in [0.3, 0.4) is 0 Å². The average molecular weight is 536 g/mol. The van der Waals surface area contributed by atoms with Crippen molar-refractivity contribution in [2.75, 3.05) is 19.7 Å². The summed E-state index contributed by atoms with van der Waals surface area (Å²) in [6.45, 7) is 2.62. The standard InChI is InChI=1S/C24H28F3N7O4/c1-23(2,24(25,26)27)37-12-18(32-21(35)17-11-29-38-33-17)20-30-15-7-6-14(10-16(15)31-20)19(13-4-5-13)34-9-3-8-28-22(34)36/h6-7,10-11,13,18-19H,3-5,8-9,12H2,1-2H3,(H,28,36)(H,30,31)(H,32,35). The minimum atomic E-state index is -4.63. The van der Waals surface area contributed by atoms with Crippen molar-refractivity contribution in [3.05, 3.63) is 41.5 Å². The van der Waals surface area contributed by atoms with Gasteiger partial charge in [0.05, 0.1) is 23.7 Å². The van der Waals surface area contributed by atoms with E-state index in [0.717, 1.165) is 44.9 Å². The third-order valence-electron chi connectivity index (χ3n) is 6.91. The Morgan fingerprint density at radius 1 is 1.32 bits per heavy atom. The molecule has 204 valence electrons. The lowest BCUT2D eigenvalue weighted by atomic mass is 9.99. The van der Waals surface area contributed by atoms with Crippen molar-refractivity contribution in [3.63, 3.8) is 0 Å². The van der Waals surface area contributed by atoms with Gasteiger partial charge in [0.1, 0.15) is 18.1 Å². The molecule has 14 heteroatoms. The largest absolute Gasteiger partial charge is 0.416 e. The van der Waals surface area contributed by atoms with Gasteiger partial charge in [-0.25, -0.2) is 14.4 Å². The van der Waals surface area contributed by atoms with Gasteiger partial charge in [-0.05, 0) is 61.9 Å². The molecule has 5 rings (SSSR count). The van der Waals surface area contributed by atoms with Crippen molar-refractivity contribution < 1.29 is 32.1 Å². The predicted molar refractivity (Wildman–Crippen MR) is 127 cm³/mol. The Kier molecular flexibility index (Phi) is 6.75. The second-order valence-corrected chi connectivity index (χ2v) is 10.1. The smallest absolute Gasteiger partial charge is 0.364 e. The fraction of sp³-hybridized carbons (Fsp3) is 0.542. The van der Waals surface area contributed by atoms with Crippen LogP contribution in [0.1, 0.15) is 67.1 Å². The van der Waals surface area contributed by atoms with Gasteiger partial charge in [0, 0.05) is 13.1 Å². The van der Waals surface area contributed by atoms with Gasteiger partial charge in [0.25, 0.3) is 5.91 Å². The van der Waals surface area contributed by atoms with E-state index in [1.807, 2.05) is 17.0 Å². The van der Waals surface area contributed by atoms with Crippen molar-refractivity contribution >= 4 is 23.0 Å². The zero-order valence-corrected chi connectivity index (χ0v) is 20.8. The van der Waals surface area contributed by atoms with Gasteiger partial charge in [-0.15, -0.1) is 0 Å². The fourth-order valence-corrected chi connectivity index (χ4v) is 4.49. The highest BCUT2D eigenvalue weighted by Crippen LogP contribution is 2.45. The summed E-state index contributed by atoms with van der Waals surface area (Å²) in [5, 5.41) is 12.4. The molecule has 1 aliphatic carbocycles. The molecule has 0 radical (unpaired) electrons. The number of imidazole rings is 1. The van der Waals surface area contributed by atoms with Crippen LogP contribution in [0.5, 0.6) is 0 Å². The third-order valence-corrected chi connectivity index (χ3v) is 6.91. The molecule has 1 saturated carbocycles. The Bertz CT molecular complexity index is 1300. The summed E-state index contributed by atoms with van der Waals surface area (Å²) in [7, 11) is 0. The summed E-state index contributed by atoms with van der Waals surface area (Å²) in [5.74, 6) is -0.144. The quantitative estimate of drug-likeness (QED) is 0.380. The molecule has 3 N–H and O–H groups in total. The summed E-state index contributed by atoms with van der Waals surface area (Å²) in [6.07, 6.45) is -0.621. The van der Waals surface area contributed by atoms with Crippen LogP contribution in [0, 0.1) is 5.92 Å². The van der Waals surface area contributed by atoms with E-state index in [9.17, 15) is 22.8 Å². The summed E-state index contributed by atoms with van der Waals surface area (Å²) in [4.78, 5) is 34.7. The summed E-state index contributed by atoms with van der Waals surface area (Å²) < 4.78 is 49.9. The number of carbonyl (C=O) groups is 2. The third kappa shape index (κ3) is 5.30. The molecule has 0 spiro atoms. The molecule has 2 aromatic heterocycles. The Balaban J connectivity index is 1.43. The van der Waals surface area contributed by atoms with Crippen LogP contribution in [-0.4, -0.2) is 68.6 Å². The van der Waals surface area contributed by atoms with E-state index < -0.39 is 30.3 Å². The number of H-pyrrole nitrogens is 1. The monoisotopic (exact) mass is 535 g/mol. The maximum absolute atomic E-state index is 13.4. The first kappa shape index (κ1) is 25.9. The van der Waals surface area contributed by atoms with Crippen molar-refractivity contribution in [1.82, 2.24) is 35.8 Å². The van der Waals surface area contributed by atoms with Crippen molar-refractivity contribution in [1.29, 1.82) is 0 Å². The number of alkyl halides is 3. The fourth-order valence-electron chi connectivity index (χ4n) is 4.49. The van der Waals surface area contributed by atoms with Crippen LogP contribution in [0.25, 0.3) is 11.0 Å². The van der Waals surface area contributed by atoms with E-state index in [0.29, 0.717) is 30.0 Å². The molecule has 3 amide bonds. The highest BCUT2D eigenvalue weighted by atomic mass is 19.4. The molecule has 3 aromatic rings. The number of fused-ring (bicyclic) bond motifs is 1. The van der Waals surface area contributed by atoms with Crippen molar-refractivity contribution in [2.24, 2.45) is 5.92 Å². The SMILES string of the molecule is CC(C)(OCC(NC(=O)c1cnon1)c1nc2ccc(C(C3CC3)N3CCCNC3=O)cc2[nH]1)C(F)(F)F. The van der Waals surface area contributed by atoms with Gasteiger partial charge < -0.3 is 25.3 Å². The summed E-state index contributed by atoms with van der Waals surface area (Å²) in [5.41, 5.74) is -0.486. The highest BCUT2D eigenvalue weighted by molar-refractivity contribution is 5.92. The number of benzene rings is 1. The van der Waals surface area contributed by atoms with Gasteiger partial charge in [-0.3, -0.25) is 4.79 Å². The molecular formula is C24H28F3N7O4. The van der Waals surface area contributed by atoms with E-state index >= 15 is 0 Å². The number of hydrogen-bond acceptors (Lipinski definition) is 7. The number of halogens is 3. The first-order chi connectivity index (χ1) is 18.0. The predicted octanol–water partition coefficient (Wildman–Crippen LogP) is 3.64. The molecule has 11 nitrogen and oxygen atoms in total. The number of aromatic nitrogens is 4. The topological polar surface area (TPSA) is 138 Å². The molecule has 0 bridgehead atoms. The van der Waals surface area contributed by atoms with E-state index in [-0.39, 0.29) is 23.6 Å². The highest BCUT2D eigenvalue weighted by Gasteiger charge is 2.49. The molecule has 1 aliphatic heterocycles. The second-order valence-electron chi connectivity index (χ2n) is 10.1. The Morgan fingerprint density at radius 2 is 2.11 bits per heavy atom. The Hall–Kier alpha value is -3.68. The molecule has 1 saturated heterocycles. The number of nitrogens with one attached hydrogen (secondary N) is 3. The van der Waals surface area contributed by atoms with Crippen LogP contribution in [0.4, 0.5) is 18.0 Å². The van der Waals surface area contributed by atoms with Gasteiger partial charge in [-0.1, -0.05) is 11.2 Å². The lowest BCUT2D eigenvalue weighted by Gasteiger charge is -2.35. The maximum Gasteiger partial charge on any atom is 0.416 e. The van der Waals surface area contributed by atoms with Gasteiger partial charge in [0.2, 0.25) is 0 Å². The molecule has 2 fully saturated rings. The molecule has 3 heterocycles. The second kappa shape index (κ2) is 9.89. The average Bonchev–Trinajstić information content (AvgIpc) is 3.36. The molecule has 2 aliphatic rings. The number of rotatable bonds is 9. The molecule has 2 atom stereocenters. The number of hydrogen-bond donors (Lipinski definition) is 3. The van der Waals surface area contributed by atoms with Crippen LogP contribution < -0.4 is 10.6 Å². The number of amides is 3. The Morgan fingerprint density at radius 3 is 2.76 bits per heavy atom. The van der Waals surface area contributed by atoms with E-state index in [4.69, 9.17) is 4.74 Å². The van der Waals surface area contributed by atoms with E-state index in [2.05, 4.69) is 35.5 Å². The maximum atomic E-state index is 13.4. The zero-order chi connectivity index (χ0) is 27.1. The number of urea groups is 1.